The minimum atomic E-state index is -0.967. The van der Waals surface area contributed by atoms with Gasteiger partial charge in [-0.3, -0.25) is 4.79 Å². The number of ether oxygens (including phenoxy) is 5. The average Bonchev–Trinajstić information content (AvgIpc) is 3.03. The fourth-order valence-corrected chi connectivity index (χ4v) is 3.74. The molecule has 1 aromatic carbocycles. The number of carbonyl (C=O) groups is 2. The van der Waals surface area contributed by atoms with Gasteiger partial charge in [-0.15, -0.1) is 0 Å². The predicted octanol–water partition coefficient (Wildman–Crippen LogP) is 2.18. The molecule has 3 heterocycles. The van der Waals surface area contributed by atoms with E-state index >= 15 is 0 Å². The number of fused-ring (bicyclic) bond motifs is 2. The first-order chi connectivity index (χ1) is 14.2. The SMILES string of the molecule is COC1C2OC(=O)OC2C(Oc2ccc3cc(NC(C)=O)c(=O)oc3c2)OC1(C)C. The van der Waals surface area contributed by atoms with E-state index in [4.69, 9.17) is 28.1 Å². The van der Waals surface area contributed by atoms with Crippen molar-refractivity contribution in [2.45, 2.75) is 51.0 Å². The maximum absolute atomic E-state index is 12.1. The third kappa shape index (κ3) is 3.59. The van der Waals surface area contributed by atoms with Crippen LogP contribution in [-0.2, 0) is 23.7 Å². The van der Waals surface area contributed by atoms with Crippen LogP contribution in [0.1, 0.15) is 20.8 Å². The van der Waals surface area contributed by atoms with Gasteiger partial charge in [0.2, 0.25) is 18.3 Å². The van der Waals surface area contributed by atoms with Crippen molar-refractivity contribution in [3.05, 3.63) is 34.7 Å². The highest BCUT2D eigenvalue weighted by Gasteiger charge is 2.58. The van der Waals surface area contributed by atoms with Crippen LogP contribution in [0.3, 0.4) is 0 Å². The molecule has 0 bridgehead atoms. The maximum Gasteiger partial charge on any atom is 0.509 e. The molecule has 2 aliphatic rings. The lowest BCUT2D eigenvalue weighted by Crippen LogP contribution is -2.62. The van der Waals surface area contributed by atoms with E-state index in [2.05, 4.69) is 5.32 Å². The van der Waals surface area contributed by atoms with Gasteiger partial charge in [0.15, 0.2) is 6.10 Å². The zero-order valence-electron chi connectivity index (χ0n) is 16.8. The Kier molecular flexibility index (Phi) is 4.91. The van der Waals surface area contributed by atoms with Crippen LogP contribution in [0.5, 0.6) is 5.75 Å². The van der Waals surface area contributed by atoms with Gasteiger partial charge in [-0.25, -0.2) is 9.59 Å². The van der Waals surface area contributed by atoms with Gasteiger partial charge in [0.1, 0.15) is 23.1 Å². The topological polar surface area (TPSA) is 123 Å². The average molecular weight is 419 g/mol. The second kappa shape index (κ2) is 7.29. The zero-order valence-corrected chi connectivity index (χ0v) is 16.8. The molecule has 4 atom stereocenters. The number of hydrogen-bond donors (Lipinski definition) is 1. The van der Waals surface area contributed by atoms with Crippen molar-refractivity contribution in [1.29, 1.82) is 0 Å². The molecule has 4 rings (SSSR count). The number of amides is 1. The van der Waals surface area contributed by atoms with E-state index in [-0.39, 0.29) is 17.2 Å². The molecule has 0 radical (unpaired) electrons. The van der Waals surface area contributed by atoms with Crippen molar-refractivity contribution in [3.8, 4) is 5.75 Å². The number of carbonyl (C=O) groups excluding carboxylic acids is 2. The molecule has 1 aromatic heterocycles. The molecule has 2 fully saturated rings. The smallest absolute Gasteiger partial charge is 0.461 e. The highest BCUT2D eigenvalue weighted by molar-refractivity contribution is 5.91. The Hall–Kier alpha value is -3.11. The first kappa shape index (κ1) is 20.2. The van der Waals surface area contributed by atoms with Crippen molar-refractivity contribution in [1.82, 2.24) is 0 Å². The van der Waals surface area contributed by atoms with Crippen LogP contribution in [0.25, 0.3) is 11.0 Å². The molecule has 0 saturated carbocycles. The highest BCUT2D eigenvalue weighted by atomic mass is 16.8. The molecular formula is C20H21NO9. The molecule has 2 saturated heterocycles. The molecule has 30 heavy (non-hydrogen) atoms. The largest absolute Gasteiger partial charge is 0.509 e. The van der Waals surface area contributed by atoms with E-state index in [0.717, 1.165) is 0 Å². The van der Waals surface area contributed by atoms with Crippen molar-refractivity contribution >= 4 is 28.7 Å². The molecule has 2 aliphatic heterocycles. The highest BCUT2D eigenvalue weighted by Crippen LogP contribution is 2.38. The molecule has 10 nitrogen and oxygen atoms in total. The zero-order chi connectivity index (χ0) is 21.6. The minimum absolute atomic E-state index is 0.0458. The first-order valence-electron chi connectivity index (χ1n) is 9.28. The van der Waals surface area contributed by atoms with E-state index in [1.807, 2.05) is 0 Å². The quantitative estimate of drug-likeness (QED) is 0.587. The predicted molar refractivity (Wildman–Crippen MR) is 102 cm³/mol. The van der Waals surface area contributed by atoms with Crippen molar-refractivity contribution in [2.75, 3.05) is 12.4 Å². The first-order valence-corrected chi connectivity index (χ1v) is 9.28. The van der Waals surface area contributed by atoms with Gasteiger partial charge in [-0.2, -0.15) is 0 Å². The van der Waals surface area contributed by atoms with Gasteiger partial charge in [0, 0.05) is 25.5 Å². The van der Waals surface area contributed by atoms with Crippen LogP contribution in [0.4, 0.5) is 10.5 Å². The summed E-state index contributed by atoms with van der Waals surface area (Å²) in [5.74, 6) is -0.0489. The standard InChI is InChI=1S/C20H21NO9/c1-9(22)21-12-7-10-5-6-11(8-13(10)27-17(12)23)26-18-15-14(28-19(24)29-15)16(25-4)20(2,3)30-18/h5-8,14-16,18H,1-4H3,(H,21,22). The Morgan fingerprint density at radius 1 is 1.13 bits per heavy atom. The second-order valence-corrected chi connectivity index (χ2v) is 7.61. The Bertz CT molecular complexity index is 1060. The normalized spacial score (nSPS) is 27.1. The fourth-order valence-electron chi connectivity index (χ4n) is 3.74. The van der Waals surface area contributed by atoms with Gasteiger partial charge < -0.3 is 33.4 Å². The molecule has 1 N–H and O–H groups in total. The molecular weight excluding hydrogens is 398 g/mol. The lowest BCUT2D eigenvalue weighted by molar-refractivity contribution is -0.282. The third-order valence-electron chi connectivity index (χ3n) is 4.98. The number of hydrogen-bond acceptors (Lipinski definition) is 9. The summed E-state index contributed by atoms with van der Waals surface area (Å²) in [5.41, 5.74) is -1.21. The third-order valence-corrected chi connectivity index (χ3v) is 4.98. The number of methoxy groups -OCH3 is 1. The number of anilines is 1. The van der Waals surface area contributed by atoms with Gasteiger partial charge in [-0.05, 0) is 32.0 Å². The van der Waals surface area contributed by atoms with E-state index < -0.39 is 42.0 Å². The minimum Gasteiger partial charge on any atom is -0.461 e. The van der Waals surface area contributed by atoms with Crippen molar-refractivity contribution in [3.63, 3.8) is 0 Å². The van der Waals surface area contributed by atoms with Crippen LogP contribution in [0.2, 0.25) is 0 Å². The van der Waals surface area contributed by atoms with E-state index in [9.17, 15) is 14.4 Å². The lowest BCUT2D eigenvalue weighted by atomic mass is 9.89. The summed E-state index contributed by atoms with van der Waals surface area (Å²) in [5, 5.41) is 3.01. The Labute approximate surface area is 171 Å². The van der Waals surface area contributed by atoms with Crippen LogP contribution >= 0.6 is 0 Å². The summed E-state index contributed by atoms with van der Waals surface area (Å²) in [6.07, 6.45) is -3.87. The summed E-state index contributed by atoms with van der Waals surface area (Å²) in [6, 6.07) is 6.34. The van der Waals surface area contributed by atoms with Crippen LogP contribution < -0.4 is 15.7 Å². The summed E-state index contributed by atoms with van der Waals surface area (Å²) in [4.78, 5) is 35.0. The van der Waals surface area contributed by atoms with Crippen LogP contribution in [0, 0.1) is 0 Å². The lowest BCUT2D eigenvalue weighted by Gasteiger charge is -2.45. The van der Waals surface area contributed by atoms with Gasteiger partial charge in [-0.1, -0.05) is 0 Å². The number of benzene rings is 1. The van der Waals surface area contributed by atoms with E-state index in [1.165, 1.54) is 26.2 Å². The van der Waals surface area contributed by atoms with Crippen molar-refractivity contribution < 1.29 is 37.7 Å². The molecule has 160 valence electrons. The summed E-state index contributed by atoms with van der Waals surface area (Å²) in [6.45, 7) is 4.89. The van der Waals surface area contributed by atoms with Crippen LogP contribution in [0.15, 0.2) is 33.5 Å². The molecule has 0 aliphatic carbocycles. The Morgan fingerprint density at radius 2 is 1.87 bits per heavy atom. The Morgan fingerprint density at radius 3 is 2.57 bits per heavy atom. The fraction of sp³-hybridized carbons (Fsp3) is 0.450. The number of rotatable bonds is 4. The number of nitrogens with one attached hydrogen (secondary N) is 1. The molecule has 1 amide bonds. The molecule has 4 unspecified atom stereocenters. The summed E-state index contributed by atoms with van der Waals surface area (Å²) in [7, 11) is 1.50. The second-order valence-electron chi connectivity index (χ2n) is 7.61. The van der Waals surface area contributed by atoms with Gasteiger partial charge >= 0.3 is 11.8 Å². The monoisotopic (exact) mass is 419 g/mol. The maximum atomic E-state index is 12.1. The summed E-state index contributed by atoms with van der Waals surface area (Å²) >= 11 is 0. The molecule has 2 aromatic rings. The molecule has 0 spiro atoms. The summed E-state index contributed by atoms with van der Waals surface area (Å²) < 4.78 is 33.2. The van der Waals surface area contributed by atoms with Gasteiger partial charge in [0.05, 0.1) is 5.60 Å². The van der Waals surface area contributed by atoms with Crippen LogP contribution in [-0.4, -0.2) is 49.4 Å². The Balaban J connectivity index is 1.62. The van der Waals surface area contributed by atoms with Gasteiger partial charge in [0.25, 0.3) is 0 Å². The molecule has 10 heteroatoms. The van der Waals surface area contributed by atoms with E-state index in [0.29, 0.717) is 11.1 Å². The van der Waals surface area contributed by atoms with E-state index in [1.54, 1.807) is 26.0 Å². The van der Waals surface area contributed by atoms with Crippen molar-refractivity contribution in [2.24, 2.45) is 0 Å².